The van der Waals surface area contributed by atoms with Crippen LogP contribution in [0, 0.1) is 0 Å². The van der Waals surface area contributed by atoms with Gasteiger partial charge in [-0.2, -0.15) is 0 Å². The summed E-state index contributed by atoms with van der Waals surface area (Å²) in [5.74, 6) is 1.74. The maximum absolute atomic E-state index is 14.5. The second-order valence-electron chi connectivity index (χ2n) is 11.1. The molecule has 1 fully saturated rings. The number of fused-ring (bicyclic) bond motifs is 2. The van der Waals surface area contributed by atoms with E-state index in [1.165, 1.54) is 6.42 Å². The Kier molecular flexibility index (Phi) is 8.40. The van der Waals surface area contributed by atoms with E-state index in [0.717, 1.165) is 47.7 Å². The van der Waals surface area contributed by atoms with E-state index in [-0.39, 0.29) is 37.6 Å². The topological polar surface area (TPSA) is 102 Å². The molecule has 2 amide bonds. The molecule has 43 heavy (non-hydrogen) atoms. The first kappa shape index (κ1) is 28.5. The maximum atomic E-state index is 14.5. The number of nitrogens with one attached hydrogen (secondary N) is 2. The summed E-state index contributed by atoms with van der Waals surface area (Å²) in [6, 6.07) is 18.0. The van der Waals surface area contributed by atoms with Crippen LogP contribution in [0.1, 0.15) is 54.8 Å². The van der Waals surface area contributed by atoms with E-state index in [9.17, 15) is 9.59 Å². The molecule has 9 heteroatoms. The Morgan fingerprint density at radius 3 is 2.60 bits per heavy atom. The van der Waals surface area contributed by atoms with E-state index >= 15 is 0 Å². The van der Waals surface area contributed by atoms with Gasteiger partial charge >= 0.3 is 0 Å². The summed E-state index contributed by atoms with van der Waals surface area (Å²) in [5, 5.41) is 4.25. The zero-order chi connectivity index (χ0) is 29.8. The number of carbonyl (C=O) groups excluding carboxylic acids is 2. The fourth-order valence-electron chi connectivity index (χ4n) is 6.21. The molecule has 2 N–H and O–H groups in total. The summed E-state index contributed by atoms with van der Waals surface area (Å²) in [4.78, 5) is 33.7. The number of carbonyl (C=O) groups is 2. The Balaban J connectivity index is 1.43. The molecule has 3 aromatic carbocycles. The molecule has 1 saturated carbocycles. The highest BCUT2D eigenvalue weighted by Gasteiger charge is 2.36. The summed E-state index contributed by atoms with van der Waals surface area (Å²) in [6.07, 6.45) is 7.10. The van der Waals surface area contributed by atoms with Crippen LogP contribution in [0.2, 0.25) is 0 Å². The predicted octanol–water partition coefficient (Wildman–Crippen LogP) is 5.68. The second-order valence-corrected chi connectivity index (χ2v) is 11.1. The fraction of sp³-hybridized carbons (Fsp3) is 0.353. The van der Waals surface area contributed by atoms with Gasteiger partial charge in [0.15, 0.2) is 23.0 Å². The minimum Gasteiger partial charge on any atom is -0.493 e. The fourth-order valence-corrected chi connectivity index (χ4v) is 6.21. The third-order valence-corrected chi connectivity index (χ3v) is 8.37. The van der Waals surface area contributed by atoms with Gasteiger partial charge in [-0.15, -0.1) is 0 Å². The van der Waals surface area contributed by atoms with Gasteiger partial charge in [0, 0.05) is 35.2 Å². The van der Waals surface area contributed by atoms with Crippen LogP contribution in [0.5, 0.6) is 23.0 Å². The van der Waals surface area contributed by atoms with Gasteiger partial charge in [0.1, 0.15) is 6.04 Å². The third kappa shape index (κ3) is 5.98. The lowest BCUT2D eigenvalue weighted by Gasteiger charge is -2.34. The van der Waals surface area contributed by atoms with E-state index in [0.29, 0.717) is 28.6 Å². The van der Waals surface area contributed by atoms with E-state index in [1.807, 2.05) is 60.8 Å². The van der Waals surface area contributed by atoms with Crippen molar-refractivity contribution in [1.82, 2.24) is 15.2 Å². The molecule has 0 radical (unpaired) electrons. The van der Waals surface area contributed by atoms with Gasteiger partial charge in [0.25, 0.3) is 0 Å². The van der Waals surface area contributed by atoms with E-state index in [2.05, 4.69) is 10.3 Å². The minimum atomic E-state index is -0.977. The summed E-state index contributed by atoms with van der Waals surface area (Å²) >= 11 is 0. The molecule has 1 aliphatic carbocycles. The van der Waals surface area contributed by atoms with Crippen LogP contribution in [0.15, 0.2) is 66.9 Å². The summed E-state index contributed by atoms with van der Waals surface area (Å²) in [7, 11) is 3.11. The first-order chi connectivity index (χ1) is 21.1. The van der Waals surface area contributed by atoms with Gasteiger partial charge in [-0.3, -0.25) is 9.59 Å². The number of hydrogen-bond donors (Lipinski definition) is 2. The van der Waals surface area contributed by atoms with Crippen molar-refractivity contribution < 1.29 is 28.5 Å². The molecule has 224 valence electrons. The number of nitrogens with zero attached hydrogens (tertiary/aromatic N) is 1. The number of rotatable bonds is 10. The van der Waals surface area contributed by atoms with E-state index in [1.54, 1.807) is 25.2 Å². The number of ether oxygens (including phenoxy) is 4. The van der Waals surface area contributed by atoms with Crippen molar-refractivity contribution in [3.8, 4) is 23.0 Å². The van der Waals surface area contributed by atoms with Crippen molar-refractivity contribution in [2.45, 2.75) is 57.2 Å². The molecule has 6 rings (SSSR count). The lowest BCUT2D eigenvalue weighted by molar-refractivity contribution is -0.141. The highest BCUT2D eigenvalue weighted by Crippen LogP contribution is 2.39. The normalized spacial score (nSPS) is 15.2. The van der Waals surface area contributed by atoms with Crippen LogP contribution < -0.4 is 24.3 Å². The molecule has 2 heterocycles. The summed E-state index contributed by atoms with van der Waals surface area (Å²) in [5.41, 5.74) is 3.19. The van der Waals surface area contributed by atoms with Crippen molar-refractivity contribution in [1.29, 1.82) is 0 Å². The Bertz CT molecular complexity index is 1610. The number of aromatic nitrogens is 1. The number of amides is 2. The monoisotopic (exact) mass is 583 g/mol. The first-order valence-electron chi connectivity index (χ1n) is 14.8. The first-order valence-corrected chi connectivity index (χ1v) is 14.8. The minimum absolute atomic E-state index is 0.0523. The van der Waals surface area contributed by atoms with E-state index in [4.69, 9.17) is 18.9 Å². The number of H-pyrrole nitrogens is 1. The molecule has 4 aromatic rings. The van der Waals surface area contributed by atoms with Crippen molar-refractivity contribution in [2.75, 3.05) is 21.0 Å². The summed E-state index contributed by atoms with van der Waals surface area (Å²) in [6.45, 7) is 0.316. The Morgan fingerprint density at radius 1 is 0.977 bits per heavy atom. The molecule has 1 atom stereocenters. The summed E-state index contributed by atoms with van der Waals surface area (Å²) < 4.78 is 22.6. The zero-order valence-corrected chi connectivity index (χ0v) is 24.6. The van der Waals surface area contributed by atoms with Crippen LogP contribution in [-0.4, -0.2) is 48.8 Å². The maximum Gasteiger partial charge on any atom is 0.247 e. The quantitative estimate of drug-likeness (QED) is 0.249. The number of methoxy groups -OCH3 is 2. The number of aromatic amines is 1. The number of para-hydroxylation sites is 2. The molecule has 1 aromatic heterocycles. The van der Waals surface area contributed by atoms with Gasteiger partial charge in [0.05, 0.1) is 20.6 Å². The van der Waals surface area contributed by atoms with Crippen molar-refractivity contribution in [2.24, 2.45) is 0 Å². The number of hydrogen-bond acceptors (Lipinski definition) is 6. The average molecular weight is 584 g/mol. The Hall–Kier alpha value is -4.66. The Morgan fingerprint density at radius 2 is 1.79 bits per heavy atom. The van der Waals surface area contributed by atoms with Crippen LogP contribution in [0.4, 0.5) is 0 Å². The lowest BCUT2D eigenvalue weighted by Crippen LogP contribution is -2.47. The molecule has 0 bridgehead atoms. The van der Waals surface area contributed by atoms with Gasteiger partial charge in [0.2, 0.25) is 18.6 Å². The smallest absolute Gasteiger partial charge is 0.247 e. The molecule has 2 aliphatic rings. The highest BCUT2D eigenvalue weighted by molar-refractivity contribution is 5.93. The third-order valence-electron chi connectivity index (χ3n) is 8.37. The van der Waals surface area contributed by atoms with Crippen molar-refractivity contribution in [3.05, 3.63) is 83.6 Å². The van der Waals surface area contributed by atoms with Crippen LogP contribution in [-0.2, 0) is 22.6 Å². The van der Waals surface area contributed by atoms with Crippen LogP contribution in [0.25, 0.3) is 10.9 Å². The predicted molar refractivity (Wildman–Crippen MR) is 162 cm³/mol. The SMILES string of the molecule is COc1cccc([C@@H](C(=O)NC2CCCCC2)N(Cc2ccc3c(c2)OCO3)C(=O)Cc2c[nH]c3ccccc23)c1OC. The molecule has 1 aliphatic heterocycles. The number of benzene rings is 3. The van der Waals surface area contributed by atoms with Crippen molar-refractivity contribution >= 4 is 22.7 Å². The zero-order valence-electron chi connectivity index (χ0n) is 24.6. The van der Waals surface area contributed by atoms with Gasteiger partial charge in [-0.05, 0) is 48.2 Å². The Labute approximate surface area is 251 Å². The van der Waals surface area contributed by atoms with Gasteiger partial charge in [-0.1, -0.05) is 55.7 Å². The second kappa shape index (κ2) is 12.7. The standard InChI is InChI=1S/C34H37N3O6/c1-40-29-14-8-12-26(33(29)41-2)32(34(39)36-24-9-4-3-5-10-24)37(20-22-15-16-28-30(17-22)43-21-42-28)31(38)18-23-19-35-27-13-7-6-11-25(23)27/h6-8,11-17,19,24,32,35H,3-5,9-10,18,20-21H2,1-2H3,(H,36,39)/t32-/m0/s1. The molecular formula is C34H37N3O6. The van der Waals surface area contributed by atoms with Crippen molar-refractivity contribution in [3.63, 3.8) is 0 Å². The van der Waals surface area contributed by atoms with Gasteiger partial charge in [-0.25, -0.2) is 0 Å². The molecule has 0 spiro atoms. The highest BCUT2D eigenvalue weighted by atomic mass is 16.7. The van der Waals surface area contributed by atoms with Crippen LogP contribution >= 0.6 is 0 Å². The molecule has 9 nitrogen and oxygen atoms in total. The molecule has 0 unspecified atom stereocenters. The van der Waals surface area contributed by atoms with Gasteiger partial charge < -0.3 is 34.1 Å². The largest absolute Gasteiger partial charge is 0.493 e. The van der Waals surface area contributed by atoms with Crippen LogP contribution in [0.3, 0.4) is 0 Å². The van der Waals surface area contributed by atoms with E-state index < -0.39 is 6.04 Å². The molecular weight excluding hydrogens is 546 g/mol. The lowest BCUT2D eigenvalue weighted by atomic mass is 9.94. The average Bonchev–Trinajstić information content (AvgIpc) is 3.68. The molecule has 0 saturated heterocycles.